The summed E-state index contributed by atoms with van der Waals surface area (Å²) >= 11 is 0. The van der Waals surface area contributed by atoms with E-state index in [0.717, 1.165) is 0 Å². The number of nitriles is 1. The van der Waals surface area contributed by atoms with Gasteiger partial charge >= 0.3 is 6.18 Å². The van der Waals surface area contributed by atoms with Crippen LogP contribution in [0.2, 0.25) is 0 Å². The molecule has 0 amide bonds. The van der Waals surface area contributed by atoms with E-state index in [4.69, 9.17) is 15.7 Å². The molecule has 0 aliphatic rings. The van der Waals surface area contributed by atoms with Crippen LogP contribution < -0.4 is 10.5 Å². The SMILES string of the molecule is N#Cc1cc(N)cnc1OCCC(F)(F)F. The normalized spacial score (nSPS) is 10.9. The Bertz CT molecular complexity index is 411. The minimum absolute atomic E-state index is 0.0159. The molecule has 16 heavy (non-hydrogen) atoms. The fourth-order valence-corrected chi connectivity index (χ4v) is 0.927. The summed E-state index contributed by atoms with van der Waals surface area (Å²) in [6, 6.07) is 3.02. The lowest BCUT2D eigenvalue weighted by atomic mass is 10.3. The van der Waals surface area contributed by atoms with Crippen LogP contribution in [0.3, 0.4) is 0 Å². The van der Waals surface area contributed by atoms with Crippen molar-refractivity contribution in [2.24, 2.45) is 0 Å². The first-order valence-electron chi connectivity index (χ1n) is 4.27. The van der Waals surface area contributed by atoms with Crippen LogP contribution in [-0.2, 0) is 0 Å². The molecule has 1 aromatic heterocycles. The van der Waals surface area contributed by atoms with Crippen molar-refractivity contribution in [2.45, 2.75) is 12.6 Å². The highest BCUT2D eigenvalue weighted by atomic mass is 19.4. The third-order valence-corrected chi connectivity index (χ3v) is 1.62. The fourth-order valence-electron chi connectivity index (χ4n) is 0.927. The lowest BCUT2D eigenvalue weighted by Gasteiger charge is -2.08. The number of ether oxygens (including phenoxy) is 1. The minimum atomic E-state index is -4.29. The first kappa shape index (κ1) is 12.1. The van der Waals surface area contributed by atoms with Crippen LogP contribution in [0.1, 0.15) is 12.0 Å². The standard InChI is InChI=1S/C9H8F3N3O/c10-9(11,12)1-2-16-8-6(4-13)3-7(14)5-15-8/h3,5H,1-2,14H2. The van der Waals surface area contributed by atoms with Crippen molar-refractivity contribution in [1.82, 2.24) is 4.98 Å². The lowest BCUT2D eigenvalue weighted by Crippen LogP contribution is -2.13. The summed E-state index contributed by atoms with van der Waals surface area (Å²) < 4.78 is 40.2. The number of hydrogen-bond donors (Lipinski definition) is 1. The molecule has 0 saturated carbocycles. The van der Waals surface area contributed by atoms with Crippen LogP contribution in [0.5, 0.6) is 5.88 Å². The summed E-state index contributed by atoms with van der Waals surface area (Å²) in [5, 5.41) is 8.65. The van der Waals surface area contributed by atoms with Gasteiger partial charge in [-0.15, -0.1) is 0 Å². The molecule has 0 atom stereocenters. The van der Waals surface area contributed by atoms with Crippen molar-refractivity contribution in [2.75, 3.05) is 12.3 Å². The molecule has 2 N–H and O–H groups in total. The molecule has 0 aliphatic heterocycles. The van der Waals surface area contributed by atoms with Crippen molar-refractivity contribution in [3.05, 3.63) is 17.8 Å². The van der Waals surface area contributed by atoms with E-state index in [-0.39, 0.29) is 17.1 Å². The van der Waals surface area contributed by atoms with Gasteiger partial charge in [0.15, 0.2) is 0 Å². The number of nitrogen functional groups attached to an aromatic ring is 1. The smallest absolute Gasteiger partial charge is 0.392 e. The Morgan fingerprint density at radius 2 is 2.19 bits per heavy atom. The predicted molar refractivity (Wildman–Crippen MR) is 49.5 cm³/mol. The van der Waals surface area contributed by atoms with Gasteiger partial charge < -0.3 is 10.5 Å². The lowest BCUT2D eigenvalue weighted by molar-refractivity contribution is -0.139. The molecular weight excluding hydrogens is 223 g/mol. The third-order valence-electron chi connectivity index (χ3n) is 1.62. The molecule has 1 aromatic rings. The summed E-state index contributed by atoms with van der Waals surface area (Å²) in [6.45, 7) is -0.574. The van der Waals surface area contributed by atoms with Gasteiger partial charge in [0, 0.05) is 0 Å². The second-order valence-electron chi connectivity index (χ2n) is 2.95. The van der Waals surface area contributed by atoms with E-state index in [1.54, 1.807) is 6.07 Å². The average Bonchev–Trinajstić information content (AvgIpc) is 2.18. The van der Waals surface area contributed by atoms with Gasteiger partial charge in [-0.2, -0.15) is 18.4 Å². The van der Waals surface area contributed by atoms with Crippen LogP contribution in [0.25, 0.3) is 0 Å². The van der Waals surface area contributed by atoms with E-state index in [2.05, 4.69) is 4.98 Å². The number of rotatable bonds is 3. The minimum Gasteiger partial charge on any atom is -0.476 e. The van der Waals surface area contributed by atoms with Crippen LogP contribution in [-0.4, -0.2) is 17.8 Å². The molecule has 0 radical (unpaired) electrons. The van der Waals surface area contributed by atoms with Gasteiger partial charge in [-0.05, 0) is 6.07 Å². The Morgan fingerprint density at radius 3 is 2.75 bits per heavy atom. The van der Waals surface area contributed by atoms with Crippen molar-refractivity contribution in [1.29, 1.82) is 5.26 Å². The van der Waals surface area contributed by atoms with E-state index in [9.17, 15) is 13.2 Å². The Hall–Kier alpha value is -1.97. The first-order chi connectivity index (χ1) is 7.42. The second-order valence-corrected chi connectivity index (χ2v) is 2.95. The van der Waals surface area contributed by atoms with Gasteiger partial charge in [0.2, 0.25) is 5.88 Å². The zero-order valence-electron chi connectivity index (χ0n) is 8.08. The first-order valence-corrected chi connectivity index (χ1v) is 4.27. The number of nitrogens with zero attached hydrogens (tertiary/aromatic N) is 2. The highest BCUT2D eigenvalue weighted by Gasteiger charge is 2.27. The number of aromatic nitrogens is 1. The zero-order chi connectivity index (χ0) is 12.2. The zero-order valence-corrected chi connectivity index (χ0v) is 8.08. The molecule has 4 nitrogen and oxygen atoms in total. The largest absolute Gasteiger partial charge is 0.476 e. The molecule has 0 aromatic carbocycles. The Morgan fingerprint density at radius 1 is 1.50 bits per heavy atom. The van der Waals surface area contributed by atoms with Gasteiger partial charge in [0.1, 0.15) is 11.6 Å². The summed E-state index contributed by atoms with van der Waals surface area (Å²) in [5.74, 6) is -0.138. The second kappa shape index (κ2) is 4.70. The third kappa shape index (κ3) is 3.65. The molecule has 86 valence electrons. The van der Waals surface area contributed by atoms with E-state index in [1.165, 1.54) is 12.3 Å². The van der Waals surface area contributed by atoms with Gasteiger partial charge in [-0.1, -0.05) is 0 Å². The molecule has 0 aliphatic carbocycles. The molecule has 0 bridgehead atoms. The summed E-state index contributed by atoms with van der Waals surface area (Å²) in [6.07, 6.45) is -4.17. The molecule has 1 rings (SSSR count). The van der Waals surface area contributed by atoms with Crippen LogP contribution in [0, 0.1) is 11.3 Å². The van der Waals surface area contributed by atoms with Gasteiger partial charge in [-0.25, -0.2) is 4.98 Å². The maximum Gasteiger partial charge on any atom is 0.392 e. The van der Waals surface area contributed by atoms with Gasteiger partial charge in [-0.3, -0.25) is 0 Å². The highest BCUT2D eigenvalue weighted by Crippen LogP contribution is 2.21. The number of anilines is 1. The Kier molecular flexibility index (Phi) is 3.55. The van der Waals surface area contributed by atoms with Crippen molar-refractivity contribution in [3.8, 4) is 11.9 Å². The van der Waals surface area contributed by atoms with Crippen LogP contribution in [0.15, 0.2) is 12.3 Å². The Labute approximate surface area is 89.5 Å². The fraction of sp³-hybridized carbons (Fsp3) is 0.333. The predicted octanol–water partition coefficient (Wildman–Crippen LogP) is 1.87. The average molecular weight is 231 g/mol. The number of nitrogens with two attached hydrogens (primary N) is 1. The van der Waals surface area contributed by atoms with Gasteiger partial charge in [0.05, 0.1) is 24.9 Å². The van der Waals surface area contributed by atoms with Crippen LogP contribution >= 0.6 is 0 Å². The summed E-state index contributed by atoms with van der Waals surface area (Å²) in [7, 11) is 0. The quantitative estimate of drug-likeness (QED) is 0.861. The highest BCUT2D eigenvalue weighted by molar-refractivity contribution is 5.48. The molecule has 0 spiro atoms. The number of halogens is 3. The number of pyridine rings is 1. The molecule has 7 heteroatoms. The van der Waals surface area contributed by atoms with Crippen molar-refractivity contribution < 1.29 is 17.9 Å². The van der Waals surface area contributed by atoms with Crippen molar-refractivity contribution in [3.63, 3.8) is 0 Å². The van der Waals surface area contributed by atoms with E-state index in [1.807, 2.05) is 0 Å². The van der Waals surface area contributed by atoms with E-state index < -0.39 is 19.2 Å². The summed E-state index contributed by atoms with van der Waals surface area (Å²) in [5.41, 5.74) is 5.62. The molecule has 0 fully saturated rings. The molecule has 1 heterocycles. The summed E-state index contributed by atoms with van der Waals surface area (Å²) in [4.78, 5) is 3.63. The number of hydrogen-bond acceptors (Lipinski definition) is 4. The van der Waals surface area contributed by atoms with E-state index >= 15 is 0 Å². The molecular formula is C9H8F3N3O. The monoisotopic (exact) mass is 231 g/mol. The molecule has 0 saturated heterocycles. The topological polar surface area (TPSA) is 71.9 Å². The molecule has 0 unspecified atom stereocenters. The van der Waals surface area contributed by atoms with Crippen molar-refractivity contribution >= 4 is 5.69 Å². The Balaban J connectivity index is 2.65. The maximum absolute atomic E-state index is 11.8. The maximum atomic E-state index is 11.8. The van der Waals surface area contributed by atoms with E-state index in [0.29, 0.717) is 0 Å². The number of alkyl halides is 3. The van der Waals surface area contributed by atoms with Crippen LogP contribution in [0.4, 0.5) is 18.9 Å². The van der Waals surface area contributed by atoms with Gasteiger partial charge in [0.25, 0.3) is 0 Å².